The van der Waals surface area contributed by atoms with E-state index in [-0.39, 0.29) is 29.1 Å². The van der Waals surface area contributed by atoms with E-state index in [2.05, 4.69) is 5.32 Å². The highest BCUT2D eigenvalue weighted by atomic mass is 16.5. The minimum atomic E-state index is -0.484. The molecule has 1 aliphatic carbocycles. The van der Waals surface area contributed by atoms with Gasteiger partial charge in [0.15, 0.2) is 0 Å². The van der Waals surface area contributed by atoms with Crippen LogP contribution >= 0.6 is 0 Å². The average molecular weight is 414 g/mol. The number of fused-ring (bicyclic) bond motifs is 2. The number of ether oxygens (including phenoxy) is 1. The summed E-state index contributed by atoms with van der Waals surface area (Å²) in [6, 6.07) is 7.23. The minimum Gasteiger partial charge on any atom is -0.497 e. The fraction of sp³-hybridized carbons (Fsp3) is 0.609. The number of hydrogen-bond acceptors (Lipinski definition) is 4. The SMILES string of the molecule is CNC(=O)[C@@]12CCC3(CCN(C(=O)c4ccc(OC)cc4)CC3)[C@@H]1CN(C(C)=O)C2. The summed E-state index contributed by atoms with van der Waals surface area (Å²) in [7, 11) is 3.29. The number of methoxy groups -OCH3 is 1. The molecule has 3 fully saturated rings. The molecule has 0 radical (unpaired) electrons. The first-order valence-corrected chi connectivity index (χ1v) is 10.8. The molecule has 2 heterocycles. The third-order valence-electron chi connectivity index (χ3n) is 7.86. The molecular weight excluding hydrogens is 382 g/mol. The van der Waals surface area contributed by atoms with Crippen molar-refractivity contribution in [2.45, 2.75) is 32.6 Å². The second-order valence-electron chi connectivity index (χ2n) is 9.07. The van der Waals surface area contributed by atoms with E-state index in [0.717, 1.165) is 31.4 Å². The van der Waals surface area contributed by atoms with Gasteiger partial charge in [0.25, 0.3) is 5.91 Å². The van der Waals surface area contributed by atoms with Gasteiger partial charge >= 0.3 is 0 Å². The smallest absolute Gasteiger partial charge is 0.253 e. The summed E-state index contributed by atoms with van der Waals surface area (Å²) in [6.45, 7) is 4.12. The largest absolute Gasteiger partial charge is 0.497 e. The monoisotopic (exact) mass is 413 g/mol. The lowest BCUT2D eigenvalue weighted by Gasteiger charge is -2.44. The standard InChI is InChI=1S/C23H31N3O4/c1-16(27)26-14-19-22(8-9-23(19,15-26)21(29)24-2)10-12-25(13-11-22)20(28)17-4-6-18(30-3)7-5-17/h4-7,19H,8-15H2,1-3H3,(H,24,29)/t19-,23+/m0/s1. The normalized spacial score (nSPS) is 27.1. The first kappa shape index (κ1) is 20.7. The van der Waals surface area contributed by atoms with Crippen LogP contribution in [0, 0.1) is 16.7 Å². The number of carbonyl (C=O) groups is 3. The Labute approximate surface area is 177 Å². The molecule has 2 atom stereocenters. The quantitative estimate of drug-likeness (QED) is 0.821. The maximum Gasteiger partial charge on any atom is 0.253 e. The summed E-state index contributed by atoms with van der Waals surface area (Å²) in [4.78, 5) is 41.7. The zero-order valence-electron chi connectivity index (χ0n) is 18.1. The van der Waals surface area contributed by atoms with Crippen LogP contribution in [-0.2, 0) is 9.59 Å². The summed E-state index contributed by atoms with van der Waals surface area (Å²) in [5.41, 5.74) is 0.206. The fourth-order valence-electron chi connectivity index (χ4n) is 6.09. The number of likely N-dealkylation sites (tertiary alicyclic amines) is 2. The lowest BCUT2D eigenvalue weighted by Crippen LogP contribution is -2.49. The van der Waals surface area contributed by atoms with Crippen LogP contribution < -0.4 is 10.1 Å². The van der Waals surface area contributed by atoms with Crippen molar-refractivity contribution in [3.8, 4) is 5.75 Å². The predicted octanol–water partition coefficient (Wildman–Crippen LogP) is 1.92. The van der Waals surface area contributed by atoms with Crippen LogP contribution in [0.25, 0.3) is 0 Å². The summed E-state index contributed by atoms with van der Waals surface area (Å²) in [5, 5.41) is 2.86. The molecule has 30 heavy (non-hydrogen) atoms. The Bertz CT molecular complexity index is 845. The van der Waals surface area contributed by atoms with E-state index in [1.54, 1.807) is 33.2 Å². The van der Waals surface area contributed by atoms with Gasteiger partial charge in [-0.25, -0.2) is 0 Å². The minimum absolute atomic E-state index is 0.0212. The maximum absolute atomic E-state index is 13.0. The molecule has 7 heteroatoms. The molecule has 0 bridgehead atoms. The number of nitrogens with one attached hydrogen (secondary N) is 1. The Morgan fingerprint density at radius 3 is 2.27 bits per heavy atom. The molecule has 4 rings (SSSR count). The highest BCUT2D eigenvalue weighted by Gasteiger charge is 2.64. The van der Waals surface area contributed by atoms with Crippen molar-refractivity contribution < 1.29 is 19.1 Å². The third kappa shape index (κ3) is 3.15. The number of nitrogens with zero attached hydrogens (tertiary/aromatic N) is 2. The number of carbonyl (C=O) groups excluding carboxylic acids is 3. The van der Waals surface area contributed by atoms with Crippen LogP contribution in [0.5, 0.6) is 5.75 Å². The van der Waals surface area contributed by atoms with E-state index in [4.69, 9.17) is 4.74 Å². The first-order valence-electron chi connectivity index (χ1n) is 10.8. The highest BCUT2D eigenvalue weighted by Crippen LogP contribution is 2.62. The van der Waals surface area contributed by atoms with Crippen molar-refractivity contribution in [2.24, 2.45) is 16.7 Å². The van der Waals surface area contributed by atoms with Crippen molar-refractivity contribution in [3.63, 3.8) is 0 Å². The van der Waals surface area contributed by atoms with Crippen LogP contribution in [0.4, 0.5) is 0 Å². The summed E-state index contributed by atoms with van der Waals surface area (Å²) in [6.07, 6.45) is 3.56. The van der Waals surface area contributed by atoms with Crippen LogP contribution in [0.3, 0.4) is 0 Å². The van der Waals surface area contributed by atoms with Gasteiger partial charge in [0.1, 0.15) is 5.75 Å². The van der Waals surface area contributed by atoms with Crippen molar-refractivity contribution in [2.75, 3.05) is 40.3 Å². The number of benzene rings is 1. The first-order chi connectivity index (χ1) is 14.3. The lowest BCUT2D eigenvalue weighted by molar-refractivity contribution is -0.133. The molecule has 3 aliphatic rings. The highest BCUT2D eigenvalue weighted by molar-refractivity contribution is 5.94. The topological polar surface area (TPSA) is 79.0 Å². The number of amides is 3. The second-order valence-corrected chi connectivity index (χ2v) is 9.07. The number of hydrogen-bond donors (Lipinski definition) is 1. The summed E-state index contributed by atoms with van der Waals surface area (Å²) in [5.74, 6) is 1.03. The van der Waals surface area contributed by atoms with Crippen molar-refractivity contribution in [1.82, 2.24) is 15.1 Å². The van der Waals surface area contributed by atoms with Crippen molar-refractivity contribution in [3.05, 3.63) is 29.8 Å². The molecule has 2 saturated heterocycles. The van der Waals surface area contributed by atoms with Gasteiger partial charge in [0, 0.05) is 45.7 Å². The average Bonchev–Trinajstić information content (AvgIpc) is 3.31. The molecule has 162 valence electrons. The molecule has 3 amide bonds. The van der Waals surface area contributed by atoms with Gasteiger partial charge in [-0.1, -0.05) is 0 Å². The predicted molar refractivity (Wildman–Crippen MR) is 112 cm³/mol. The maximum atomic E-state index is 13.0. The molecule has 0 unspecified atom stereocenters. The molecule has 1 N–H and O–H groups in total. The van der Waals surface area contributed by atoms with Gasteiger partial charge in [-0.05, 0) is 61.3 Å². The van der Waals surface area contributed by atoms with Crippen molar-refractivity contribution >= 4 is 17.7 Å². The van der Waals surface area contributed by atoms with E-state index in [1.807, 2.05) is 21.9 Å². The molecule has 0 aromatic heterocycles. The summed E-state index contributed by atoms with van der Waals surface area (Å²) < 4.78 is 5.18. The van der Waals surface area contributed by atoms with E-state index < -0.39 is 5.41 Å². The molecular formula is C23H31N3O4. The van der Waals surface area contributed by atoms with E-state index in [9.17, 15) is 14.4 Å². The van der Waals surface area contributed by atoms with Crippen LogP contribution in [-0.4, -0.2) is 67.9 Å². The Morgan fingerprint density at radius 1 is 1.03 bits per heavy atom. The third-order valence-corrected chi connectivity index (χ3v) is 7.86. The lowest BCUT2D eigenvalue weighted by atomic mass is 9.65. The van der Waals surface area contributed by atoms with Gasteiger partial charge < -0.3 is 19.9 Å². The fourth-order valence-corrected chi connectivity index (χ4v) is 6.09. The van der Waals surface area contributed by atoms with Gasteiger partial charge in [0.2, 0.25) is 11.8 Å². The Hall–Kier alpha value is -2.57. The van der Waals surface area contributed by atoms with Gasteiger partial charge in [0.05, 0.1) is 12.5 Å². The zero-order valence-corrected chi connectivity index (χ0v) is 18.1. The zero-order chi connectivity index (χ0) is 21.5. The van der Waals surface area contributed by atoms with Crippen LogP contribution in [0.1, 0.15) is 43.0 Å². The molecule has 1 spiro atoms. The van der Waals surface area contributed by atoms with E-state index in [1.165, 1.54) is 0 Å². The van der Waals surface area contributed by atoms with Crippen LogP contribution in [0.2, 0.25) is 0 Å². The second kappa shape index (κ2) is 7.60. The van der Waals surface area contributed by atoms with Crippen molar-refractivity contribution in [1.29, 1.82) is 0 Å². The number of piperidine rings is 1. The van der Waals surface area contributed by atoms with Crippen LogP contribution in [0.15, 0.2) is 24.3 Å². The summed E-state index contributed by atoms with van der Waals surface area (Å²) >= 11 is 0. The Balaban J connectivity index is 1.50. The van der Waals surface area contributed by atoms with Gasteiger partial charge in [-0.2, -0.15) is 0 Å². The Morgan fingerprint density at radius 2 is 1.70 bits per heavy atom. The molecule has 1 saturated carbocycles. The van der Waals surface area contributed by atoms with E-state index >= 15 is 0 Å². The Kier molecular flexibility index (Phi) is 5.24. The molecule has 1 aromatic carbocycles. The van der Waals surface area contributed by atoms with Gasteiger partial charge in [-0.15, -0.1) is 0 Å². The molecule has 7 nitrogen and oxygen atoms in total. The molecule has 1 aromatic rings. The molecule has 2 aliphatic heterocycles. The number of rotatable bonds is 3. The van der Waals surface area contributed by atoms with E-state index in [0.29, 0.717) is 31.7 Å². The van der Waals surface area contributed by atoms with Gasteiger partial charge in [-0.3, -0.25) is 14.4 Å².